The minimum atomic E-state index is -1.36. The fraction of sp³-hybridized carbons (Fsp3) is 0.385. The number of nitrogens with zero attached hydrogens (tertiary/aromatic N) is 1. The number of aliphatic hydroxyl groups is 2. The van der Waals surface area contributed by atoms with E-state index in [1.54, 1.807) is 0 Å². The summed E-state index contributed by atoms with van der Waals surface area (Å²) < 4.78 is 0. The van der Waals surface area contributed by atoms with Gasteiger partial charge in [-0.05, 0) is 5.56 Å². The van der Waals surface area contributed by atoms with Crippen LogP contribution in [0.1, 0.15) is 5.56 Å². The molecule has 20 heavy (non-hydrogen) atoms. The monoisotopic (exact) mass is 282 g/mol. The lowest BCUT2D eigenvalue weighted by molar-refractivity contribution is -0.140. The summed E-state index contributed by atoms with van der Waals surface area (Å²) >= 11 is 0. The summed E-state index contributed by atoms with van der Waals surface area (Å²) in [6.07, 6.45) is 0. The smallest absolute Gasteiger partial charge is 0.328 e. The van der Waals surface area contributed by atoms with Crippen LogP contribution in [0.25, 0.3) is 0 Å². The highest BCUT2D eigenvalue weighted by atomic mass is 16.4. The maximum absolute atomic E-state index is 11.9. The number of hydrogen-bond donors (Lipinski definition) is 4. The van der Waals surface area contributed by atoms with Gasteiger partial charge in [0.25, 0.3) is 0 Å². The Labute approximate surface area is 116 Å². The van der Waals surface area contributed by atoms with Crippen molar-refractivity contribution in [2.45, 2.75) is 12.6 Å². The van der Waals surface area contributed by atoms with Crippen molar-refractivity contribution in [3.63, 3.8) is 0 Å². The van der Waals surface area contributed by atoms with Crippen molar-refractivity contribution in [1.82, 2.24) is 10.2 Å². The van der Waals surface area contributed by atoms with Crippen LogP contribution in [0.15, 0.2) is 30.3 Å². The predicted molar refractivity (Wildman–Crippen MR) is 71.0 cm³/mol. The third-order valence-corrected chi connectivity index (χ3v) is 2.65. The van der Waals surface area contributed by atoms with E-state index >= 15 is 0 Å². The molecule has 1 aromatic rings. The van der Waals surface area contributed by atoms with Crippen LogP contribution in [0.2, 0.25) is 0 Å². The van der Waals surface area contributed by atoms with Gasteiger partial charge >= 0.3 is 12.0 Å². The van der Waals surface area contributed by atoms with E-state index in [1.165, 1.54) is 4.90 Å². The summed E-state index contributed by atoms with van der Waals surface area (Å²) in [4.78, 5) is 24.0. The number of rotatable bonds is 7. The number of aliphatic carboxylic acids is 1. The van der Waals surface area contributed by atoms with E-state index in [0.717, 1.165) is 5.56 Å². The minimum absolute atomic E-state index is 0.0680. The topological polar surface area (TPSA) is 110 Å². The van der Waals surface area contributed by atoms with Crippen molar-refractivity contribution >= 4 is 12.0 Å². The first-order chi connectivity index (χ1) is 9.58. The van der Waals surface area contributed by atoms with E-state index in [4.69, 9.17) is 15.3 Å². The first kappa shape index (κ1) is 15.9. The Bertz CT molecular complexity index is 438. The van der Waals surface area contributed by atoms with Crippen LogP contribution >= 0.6 is 0 Å². The fourth-order valence-corrected chi connectivity index (χ4v) is 1.60. The van der Waals surface area contributed by atoms with Gasteiger partial charge in [0, 0.05) is 13.1 Å². The molecular formula is C13H18N2O5. The summed E-state index contributed by atoms with van der Waals surface area (Å²) in [6.45, 7) is -0.625. The van der Waals surface area contributed by atoms with Crippen LogP contribution in [-0.4, -0.2) is 58.0 Å². The standard InChI is InChI=1S/C13H18N2O5/c16-7-6-15(8-10-4-2-1-3-5-10)13(20)14-11(9-17)12(18)19/h1-5,11,16-17H,6-9H2,(H,14,20)(H,18,19). The Morgan fingerprint density at radius 3 is 2.35 bits per heavy atom. The van der Waals surface area contributed by atoms with Gasteiger partial charge in [0.1, 0.15) is 0 Å². The second-order valence-corrected chi connectivity index (χ2v) is 4.15. The lowest BCUT2D eigenvalue weighted by Gasteiger charge is -2.24. The second kappa shape index (κ2) is 8.13. The van der Waals surface area contributed by atoms with Crippen molar-refractivity contribution < 1.29 is 24.9 Å². The van der Waals surface area contributed by atoms with Crippen molar-refractivity contribution in [3.8, 4) is 0 Å². The Kier molecular flexibility index (Phi) is 6.48. The summed E-state index contributed by atoms with van der Waals surface area (Å²) in [5.41, 5.74) is 0.854. The first-order valence-corrected chi connectivity index (χ1v) is 6.12. The molecule has 0 saturated heterocycles. The van der Waals surface area contributed by atoms with Gasteiger partial charge in [0.2, 0.25) is 0 Å². The molecular weight excluding hydrogens is 264 g/mol. The third kappa shape index (κ3) is 4.87. The molecule has 0 spiro atoms. The normalized spacial score (nSPS) is 11.7. The van der Waals surface area contributed by atoms with Crippen molar-refractivity contribution in [1.29, 1.82) is 0 Å². The molecule has 1 unspecified atom stereocenters. The number of aliphatic hydroxyl groups excluding tert-OH is 2. The summed E-state index contributed by atoms with van der Waals surface area (Å²) in [7, 11) is 0. The summed E-state index contributed by atoms with van der Waals surface area (Å²) in [5.74, 6) is -1.32. The highest BCUT2D eigenvalue weighted by Crippen LogP contribution is 2.04. The molecule has 0 saturated carbocycles. The molecule has 0 fully saturated rings. The van der Waals surface area contributed by atoms with Gasteiger partial charge < -0.3 is 25.5 Å². The van der Waals surface area contributed by atoms with E-state index in [1.807, 2.05) is 30.3 Å². The van der Waals surface area contributed by atoms with E-state index in [2.05, 4.69) is 5.32 Å². The molecule has 0 aliphatic rings. The average molecular weight is 282 g/mol. The van der Waals surface area contributed by atoms with Gasteiger partial charge in [-0.1, -0.05) is 30.3 Å². The zero-order chi connectivity index (χ0) is 15.0. The van der Waals surface area contributed by atoms with Gasteiger partial charge in [0.15, 0.2) is 6.04 Å². The zero-order valence-corrected chi connectivity index (χ0v) is 10.9. The third-order valence-electron chi connectivity index (χ3n) is 2.65. The van der Waals surface area contributed by atoms with Gasteiger partial charge in [-0.15, -0.1) is 0 Å². The molecule has 4 N–H and O–H groups in total. The lowest BCUT2D eigenvalue weighted by Crippen LogP contribution is -2.49. The van der Waals surface area contributed by atoms with Crippen LogP contribution in [0.5, 0.6) is 0 Å². The number of carboxylic acid groups (broad SMARTS) is 1. The number of carbonyl (C=O) groups is 2. The molecule has 2 amide bonds. The van der Waals surface area contributed by atoms with Crippen LogP contribution in [0.3, 0.4) is 0 Å². The molecule has 7 nitrogen and oxygen atoms in total. The van der Waals surface area contributed by atoms with E-state index in [-0.39, 0.29) is 19.7 Å². The SMILES string of the molecule is O=C(O)C(CO)NC(=O)N(CCO)Cc1ccccc1. The van der Waals surface area contributed by atoms with Crippen molar-refractivity contribution in [3.05, 3.63) is 35.9 Å². The lowest BCUT2D eigenvalue weighted by atomic mass is 10.2. The molecule has 110 valence electrons. The number of nitrogens with one attached hydrogen (secondary N) is 1. The van der Waals surface area contributed by atoms with E-state index in [9.17, 15) is 9.59 Å². The maximum atomic E-state index is 11.9. The van der Waals surface area contributed by atoms with Gasteiger partial charge in [-0.25, -0.2) is 9.59 Å². The number of urea groups is 1. The molecule has 0 aliphatic carbocycles. The predicted octanol–water partition coefficient (Wildman–Crippen LogP) is -0.364. The number of hydrogen-bond acceptors (Lipinski definition) is 4. The maximum Gasteiger partial charge on any atom is 0.328 e. The Morgan fingerprint density at radius 1 is 1.20 bits per heavy atom. The van der Waals surface area contributed by atoms with Gasteiger partial charge in [-0.3, -0.25) is 0 Å². The van der Waals surface area contributed by atoms with Gasteiger partial charge in [0.05, 0.1) is 13.2 Å². The number of amides is 2. The van der Waals surface area contributed by atoms with Crippen LogP contribution in [0.4, 0.5) is 4.79 Å². The fourth-order valence-electron chi connectivity index (χ4n) is 1.60. The highest BCUT2D eigenvalue weighted by molar-refractivity contribution is 5.82. The van der Waals surface area contributed by atoms with E-state index < -0.39 is 24.6 Å². The zero-order valence-electron chi connectivity index (χ0n) is 10.9. The quantitative estimate of drug-likeness (QED) is 0.546. The molecule has 0 aromatic heterocycles. The Balaban J connectivity index is 2.69. The second-order valence-electron chi connectivity index (χ2n) is 4.15. The number of carbonyl (C=O) groups excluding carboxylic acids is 1. The Hall–Kier alpha value is -2.12. The number of carboxylic acids is 1. The van der Waals surface area contributed by atoms with Crippen LogP contribution in [0, 0.1) is 0 Å². The molecule has 0 aliphatic heterocycles. The van der Waals surface area contributed by atoms with Crippen molar-refractivity contribution in [2.75, 3.05) is 19.8 Å². The summed E-state index contributed by atoms with van der Waals surface area (Å²) in [5, 5.41) is 28.8. The van der Waals surface area contributed by atoms with Crippen LogP contribution in [-0.2, 0) is 11.3 Å². The minimum Gasteiger partial charge on any atom is -0.480 e. The molecule has 1 atom stereocenters. The van der Waals surface area contributed by atoms with Crippen LogP contribution < -0.4 is 5.32 Å². The Morgan fingerprint density at radius 2 is 1.85 bits per heavy atom. The average Bonchev–Trinajstić information content (AvgIpc) is 2.44. The molecule has 0 heterocycles. The highest BCUT2D eigenvalue weighted by Gasteiger charge is 2.22. The molecule has 0 bridgehead atoms. The largest absolute Gasteiger partial charge is 0.480 e. The first-order valence-electron chi connectivity index (χ1n) is 6.12. The molecule has 1 aromatic carbocycles. The van der Waals surface area contributed by atoms with Crippen molar-refractivity contribution in [2.24, 2.45) is 0 Å². The molecule has 1 rings (SSSR count). The molecule has 7 heteroatoms. The molecule has 0 radical (unpaired) electrons. The van der Waals surface area contributed by atoms with Gasteiger partial charge in [-0.2, -0.15) is 0 Å². The van der Waals surface area contributed by atoms with E-state index in [0.29, 0.717) is 0 Å². The number of benzene rings is 1. The summed E-state index contributed by atoms with van der Waals surface area (Å²) in [6, 6.07) is 7.10.